The first-order chi connectivity index (χ1) is 8.44. The zero-order valence-electron chi connectivity index (χ0n) is 11.3. The summed E-state index contributed by atoms with van der Waals surface area (Å²) in [5, 5.41) is 12.7. The van der Waals surface area contributed by atoms with Crippen molar-refractivity contribution in [3.05, 3.63) is 23.3 Å². The number of nitrogens with two attached hydrogens (primary N) is 1. The van der Waals surface area contributed by atoms with Crippen molar-refractivity contribution in [1.29, 1.82) is 0 Å². The van der Waals surface area contributed by atoms with Gasteiger partial charge in [0.15, 0.2) is 0 Å². The molecule has 0 saturated heterocycles. The number of nitrogens with one attached hydrogen (secondary N) is 1. The Balaban J connectivity index is 0.00000180. The number of hydrogen-bond acceptors (Lipinski definition) is 3. The minimum absolute atomic E-state index is 0. The van der Waals surface area contributed by atoms with Crippen LogP contribution >= 0.6 is 12.4 Å². The molecule has 0 unspecified atom stereocenters. The molecular formula is C14H21ClN2O2. The lowest BCUT2D eigenvalue weighted by Gasteiger charge is -2.23. The third-order valence-corrected chi connectivity index (χ3v) is 3.83. The molecule has 2 rings (SSSR count). The molecule has 4 nitrogen and oxygen atoms in total. The molecule has 0 aliphatic heterocycles. The average Bonchev–Trinajstić information content (AvgIpc) is 2.78. The standard InChI is InChI=1S/C14H20N2O2.ClH/c1-9-5-6-11(10(2)12(9)17)16-13(18)14(15)7-3-4-8-14;/h5-6,17H,3-4,7-8,15H2,1-2H3,(H,16,18);1H. The molecule has 0 aromatic heterocycles. The lowest BCUT2D eigenvalue weighted by Crippen LogP contribution is -2.48. The second-order valence-corrected chi connectivity index (χ2v) is 5.22. The molecule has 1 fully saturated rings. The summed E-state index contributed by atoms with van der Waals surface area (Å²) < 4.78 is 0. The Kier molecular flexibility index (Phi) is 4.82. The van der Waals surface area contributed by atoms with Crippen LogP contribution in [0.3, 0.4) is 0 Å². The molecule has 19 heavy (non-hydrogen) atoms. The predicted molar refractivity (Wildman–Crippen MR) is 78.8 cm³/mol. The molecule has 1 aromatic carbocycles. The highest BCUT2D eigenvalue weighted by Gasteiger charge is 2.37. The number of aryl methyl sites for hydroxylation is 1. The summed E-state index contributed by atoms with van der Waals surface area (Å²) in [6.45, 7) is 3.62. The molecule has 4 N–H and O–H groups in total. The van der Waals surface area contributed by atoms with Crippen LogP contribution in [0.5, 0.6) is 5.75 Å². The van der Waals surface area contributed by atoms with Gasteiger partial charge in [-0.3, -0.25) is 4.79 Å². The van der Waals surface area contributed by atoms with Crippen LogP contribution in [0.25, 0.3) is 0 Å². The Hall–Kier alpha value is -1.26. The number of phenolic OH excluding ortho intramolecular Hbond substituents is 1. The molecule has 0 heterocycles. The van der Waals surface area contributed by atoms with Crippen LogP contribution < -0.4 is 11.1 Å². The Morgan fingerprint density at radius 2 is 1.89 bits per heavy atom. The number of carbonyl (C=O) groups is 1. The highest BCUT2D eigenvalue weighted by molar-refractivity contribution is 5.99. The van der Waals surface area contributed by atoms with Crippen LogP contribution in [0.15, 0.2) is 12.1 Å². The van der Waals surface area contributed by atoms with E-state index in [1.807, 2.05) is 6.92 Å². The van der Waals surface area contributed by atoms with Gasteiger partial charge in [-0.2, -0.15) is 0 Å². The number of amides is 1. The quantitative estimate of drug-likeness (QED) is 0.781. The van der Waals surface area contributed by atoms with Crippen LogP contribution in [-0.2, 0) is 4.79 Å². The number of hydrogen-bond donors (Lipinski definition) is 3. The van der Waals surface area contributed by atoms with E-state index in [0.29, 0.717) is 11.3 Å². The maximum Gasteiger partial charge on any atom is 0.244 e. The summed E-state index contributed by atoms with van der Waals surface area (Å²) in [5.74, 6) is 0.0802. The van der Waals surface area contributed by atoms with Gasteiger partial charge < -0.3 is 16.2 Å². The monoisotopic (exact) mass is 284 g/mol. The van der Waals surface area contributed by atoms with E-state index in [-0.39, 0.29) is 24.1 Å². The van der Waals surface area contributed by atoms with Gasteiger partial charge in [0.1, 0.15) is 5.75 Å². The van der Waals surface area contributed by atoms with Crippen molar-refractivity contribution in [2.45, 2.75) is 45.1 Å². The van der Waals surface area contributed by atoms with Gasteiger partial charge in [-0.15, -0.1) is 12.4 Å². The zero-order chi connectivity index (χ0) is 13.3. The first-order valence-electron chi connectivity index (χ1n) is 6.33. The Labute approximate surface area is 119 Å². The fourth-order valence-corrected chi connectivity index (χ4v) is 2.45. The number of carbonyl (C=O) groups excluding carboxylic acids is 1. The molecule has 0 bridgehead atoms. The minimum Gasteiger partial charge on any atom is -0.507 e. The van der Waals surface area contributed by atoms with E-state index < -0.39 is 5.54 Å². The number of aromatic hydroxyl groups is 1. The van der Waals surface area contributed by atoms with E-state index in [1.54, 1.807) is 19.1 Å². The summed E-state index contributed by atoms with van der Waals surface area (Å²) in [6, 6.07) is 3.59. The number of anilines is 1. The molecule has 106 valence electrons. The van der Waals surface area contributed by atoms with Crippen molar-refractivity contribution < 1.29 is 9.90 Å². The maximum absolute atomic E-state index is 12.2. The molecule has 1 aromatic rings. The SMILES string of the molecule is Cc1ccc(NC(=O)C2(N)CCCC2)c(C)c1O.Cl. The predicted octanol–water partition coefficient (Wildman–Crippen LogP) is 2.64. The number of benzene rings is 1. The first-order valence-corrected chi connectivity index (χ1v) is 6.33. The number of phenols is 1. The van der Waals surface area contributed by atoms with Crippen LogP contribution in [0.1, 0.15) is 36.8 Å². The lowest BCUT2D eigenvalue weighted by molar-refractivity contribution is -0.121. The Morgan fingerprint density at radius 1 is 1.32 bits per heavy atom. The van der Waals surface area contributed by atoms with Crippen molar-refractivity contribution >= 4 is 24.0 Å². The van der Waals surface area contributed by atoms with Crippen molar-refractivity contribution in [3.8, 4) is 5.75 Å². The fraction of sp³-hybridized carbons (Fsp3) is 0.500. The van der Waals surface area contributed by atoms with Crippen molar-refractivity contribution in [2.75, 3.05) is 5.32 Å². The van der Waals surface area contributed by atoms with Crippen LogP contribution in [0.2, 0.25) is 0 Å². The molecule has 0 atom stereocenters. The maximum atomic E-state index is 12.2. The Bertz CT molecular complexity index is 483. The van der Waals surface area contributed by atoms with E-state index in [1.165, 1.54) is 0 Å². The van der Waals surface area contributed by atoms with Crippen molar-refractivity contribution in [3.63, 3.8) is 0 Å². The van der Waals surface area contributed by atoms with Gasteiger partial charge in [0.2, 0.25) is 5.91 Å². The van der Waals surface area contributed by atoms with E-state index in [0.717, 1.165) is 31.2 Å². The molecule has 5 heteroatoms. The first kappa shape index (κ1) is 15.8. The average molecular weight is 285 g/mol. The second-order valence-electron chi connectivity index (χ2n) is 5.22. The molecule has 1 aliphatic rings. The van der Waals surface area contributed by atoms with E-state index in [4.69, 9.17) is 5.73 Å². The largest absolute Gasteiger partial charge is 0.507 e. The summed E-state index contributed by atoms with van der Waals surface area (Å²) in [4.78, 5) is 12.2. The lowest BCUT2D eigenvalue weighted by atomic mass is 9.97. The molecule has 1 aliphatic carbocycles. The van der Waals surface area contributed by atoms with Crippen molar-refractivity contribution in [2.24, 2.45) is 5.73 Å². The fourth-order valence-electron chi connectivity index (χ4n) is 2.45. The van der Waals surface area contributed by atoms with Gasteiger partial charge in [0.05, 0.1) is 5.54 Å². The molecule has 0 spiro atoms. The summed E-state index contributed by atoms with van der Waals surface area (Å²) in [6.07, 6.45) is 3.47. The molecule has 0 radical (unpaired) electrons. The van der Waals surface area contributed by atoms with E-state index in [9.17, 15) is 9.90 Å². The normalized spacial score (nSPS) is 16.8. The second kappa shape index (κ2) is 5.80. The van der Waals surface area contributed by atoms with Gasteiger partial charge in [0.25, 0.3) is 0 Å². The summed E-state index contributed by atoms with van der Waals surface area (Å²) in [7, 11) is 0. The topological polar surface area (TPSA) is 75.4 Å². The summed E-state index contributed by atoms with van der Waals surface area (Å²) >= 11 is 0. The minimum atomic E-state index is -0.743. The molecule has 1 amide bonds. The number of halogens is 1. The Morgan fingerprint density at radius 3 is 2.47 bits per heavy atom. The van der Waals surface area contributed by atoms with Gasteiger partial charge >= 0.3 is 0 Å². The highest BCUT2D eigenvalue weighted by Crippen LogP contribution is 2.31. The highest BCUT2D eigenvalue weighted by atomic mass is 35.5. The van der Waals surface area contributed by atoms with Crippen LogP contribution in [0, 0.1) is 13.8 Å². The molecular weight excluding hydrogens is 264 g/mol. The van der Waals surface area contributed by atoms with Crippen molar-refractivity contribution in [1.82, 2.24) is 0 Å². The third-order valence-electron chi connectivity index (χ3n) is 3.83. The van der Waals surface area contributed by atoms with E-state index in [2.05, 4.69) is 5.32 Å². The van der Waals surface area contributed by atoms with Crippen LogP contribution in [-0.4, -0.2) is 16.6 Å². The third kappa shape index (κ3) is 3.01. The smallest absolute Gasteiger partial charge is 0.244 e. The summed E-state index contributed by atoms with van der Waals surface area (Å²) in [5.41, 5.74) is 7.47. The van der Waals surface area contributed by atoms with Crippen LogP contribution in [0.4, 0.5) is 5.69 Å². The van der Waals surface area contributed by atoms with Gasteiger partial charge in [-0.05, 0) is 38.3 Å². The molecule has 1 saturated carbocycles. The van der Waals surface area contributed by atoms with E-state index >= 15 is 0 Å². The zero-order valence-corrected chi connectivity index (χ0v) is 12.1. The van der Waals surface area contributed by atoms with Gasteiger partial charge in [-0.25, -0.2) is 0 Å². The van der Waals surface area contributed by atoms with Gasteiger partial charge in [0, 0.05) is 11.3 Å². The van der Waals surface area contributed by atoms with Gasteiger partial charge in [-0.1, -0.05) is 18.9 Å². The number of rotatable bonds is 2.